The Morgan fingerprint density at radius 3 is 2.65 bits per heavy atom. The molecule has 2 heteroatoms. The van der Waals surface area contributed by atoms with Crippen molar-refractivity contribution in [3.05, 3.63) is 99.6 Å². The summed E-state index contributed by atoms with van der Waals surface area (Å²) >= 11 is 1.88. The van der Waals surface area contributed by atoms with Gasteiger partial charge in [0.15, 0.2) is 0 Å². The Morgan fingerprint density at radius 2 is 1.87 bits per heavy atom. The summed E-state index contributed by atoms with van der Waals surface area (Å²) in [5.41, 5.74) is 9.42. The van der Waals surface area contributed by atoms with Crippen LogP contribution in [0.1, 0.15) is 60.4 Å². The Bertz CT molecular complexity index is 1230. The number of allylic oxidation sites excluding steroid dienone is 7. The second-order valence-electron chi connectivity index (χ2n) is 8.42. The molecule has 0 bridgehead atoms. The van der Waals surface area contributed by atoms with E-state index in [1.165, 1.54) is 48.6 Å². The zero-order valence-electron chi connectivity index (χ0n) is 19.3. The Hall–Kier alpha value is -2.71. The first-order valence-corrected chi connectivity index (χ1v) is 12.1. The number of benzene rings is 2. The first kappa shape index (κ1) is 21.5. The van der Waals surface area contributed by atoms with Crippen LogP contribution in [0.2, 0.25) is 0 Å². The molecule has 0 N–H and O–H groups in total. The van der Waals surface area contributed by atoms with Crippen LogP contribution in [0.4, 0.5) is 0 Å². The predicted molar refractivity (Wildman–Crippen MR) is 137 cm³/mol. The summed E-state index contributed by atoms with van der Waals surface area (Å²) < 4.78 is 3.78. The molecule has 4 rings (SSSR count). The highest BCUT2D eigenvalue weighted by molar-refractivity contribution is 7.18. The Balaban J connectivity index is 1.62. The summed E-state index contributed by atoms with van der Waals surface area (Å²) in [5, 5.41) is 1.30. The third-order valence-corrected chi connectivity index (χ3v) is 7.41. The molecule has 1 heterocycles. The molecule has 1 nitrogen and oxygen atoms in total. The maximum Gasteiger partial charge on any atom is 0.262 e. The van der Waals surface area contributed by atoms with Crippen molar-refractivity contribution >= 4 is 33.2 Å². The highest BCUT2D eigenvalue weighted by Gasteiger charge is 2.18. The molecule has 0 fully saturated rings. The smallest absolute Gasteiger partial charge is 0.182 e. The molecule has 1 aromatic heterocycles. The van der Waals surface area contributed by atoms with Crippen LogP contribution in [0.5, 0.6) is 0 Å². The Labute approximate surface area is 190 Å². The topological polar surface area (TPSA) is 3.88 Å². The zero-order valence-corrected chi connectivity index (χ0v) is 20.1. The molecular formula is C29H32NS+. The number of nitrogens with zero attached hydrogens (tertiary/aromatic N) is 1. The van der Waals surface area contributed by atoms with Gasteiger partial charge in [-0.15, -0.1) is 0 Å². The molecule has 158 valence electrons. The van der Waals surface area contributed by atoms with Gasteiger partial charge in [0, 0.05) is 18.1 Å². The number of hydrogen-bond acceptors (Lipinski definition) is 1. The molecule has 0 saturated heterocycles. The molecular weight excluding hydrogens is 394 g/mol. The fourth-order valence-electron chi connectivity index (χ4n) is 4.28. The van der Waals surface area contributed by atoms with Crippen molar-refractivity contribution in [3.63, 3.8) is 0 Å². The largest absolute Gasteiger partial charge is 0.262 e. The van der Waals surface area contributed by atoms with E-state index in [0.29, 0.717) is 5.92 Å². The fourth-order valence-corrected chi connectivity index (χ4v) is 5.49. The van der Waals surface area contributed by atoms with Gasteiger partial charge in [0.2, 0.25) is 5.52 Å². The monoisotopic (exact) mass is 426 g/mol. The van der Waals surface area contributed by atoms with E-state index < -0.39 is 0 Å². The van der Waals surface area contributed by atoms with Crippen molar-refractivity contribution in [2.45, 2.75) is 53.5 Å². The van der Waals surface area contributed by atoms with Crippen LogP contribution in [0.15, 0.2) is 72.4 Å². The average Bonchev–Trinajstić information content (AvgIpc) is 3.12. The third kappa shape index (κ3) is 4.36. The van der Waals surface area contributed by atoms with Crippen LogP contribution in [0, 0.1) is 13.8 Å². The first-order chi connectivity index (χ1) is 15.0. The number of fused-ring (bicyclic) bond motifs is 2. The van der Waals surface area contributed by atoms with Gasteiger partial charge in [-0.25, -0.2) is 0 Å². The summed E-state index contributed by atoms with van der Waals surface area (Å²) in [6, 6.07) is 13.5. The van der Waals surface area contributed by atoms with E-state index in [2.05, 4.69) is 112 Å². The van der Waals surface area contributed by atoms with Crippen molar-refractivity contribution < 1.29 is 4.57 Å². The number of thiazole rings is 1. The van der Waals surface area contributed by atoms with Gasteiger partial charge in [-0.2, -0.15) is 4.57 Å². The molecule has 3 aromatic rings. The Kier molecular flexibility index (Phi) is 6.38. The number of aryl methyl sites for hydroxylation is 3. The number of hydrogen-bond donors (Lipinski definition) is 0. The van der Waals surface area contributed by atoms with Gasteiger partial charge in [0.05, 0.1) is 0 Å². The summed E-state index contributed by atoms with van der Waals surface area (Å²) in [6.07, 6.45) is 14.8. The van der Waals surface area contributed by atoms with E-state index in [1.807, 2.05) is 11.3 Å². The second kappa shape index (κ2) is 9.20. The normalized spacial score (nSPS) is 17.8. The quantitative estimate of drug-likeness (QED) is 0.288. The molecule has 1 atom stereocenters. The molecule has 1 aliphatic carbocycles. The lowest BCUT2D eigenvalue weighted by atomic mass is 9.83. The minimum atomic E-state index is 0.531. The average molecular weight is 427 g/mol. The van der Waals surface area contributed by atoms with E-state index in [9.17, 15) is 0 Å². The van der Waals surface area contributed by atoms with Crippen LogP contribution in [0.25, 0.3) is 21.9 Å². The minimum Gasteiger partial charge on any atom is -0.182 e. The zero-order chi connectivity index (χ0) is 22.0. The lowest BCUT2D eigenvalue weighted by Crippen LogP contribution is -2.33. The van der Waals surface area contributed by atoms with Crippen molar-refractivity contribution in [2.75, 3.05) is 0 Å². The van der Waals surface area contributed by atoms with Gasteiger partial charge in [0.25, 0.3) is 5.01 Å². The summed E-state index contributed by atoms with van der Waals surface area (Å²) in [6.45, 7) is 12.0. The summed E-state index contributed by atoms with van der Waals surface area (Å²) in [7, 11) is 0. The van der Waals surface area contributed by atoms with E-state index in [4.69, 9.17) is 0 Å². The standard InChI is InChI=1S/C29H32NS/c1-6-23-15-16-24(26-11-9-8-10-25(23)26)14-12-20(3)13-17-29-30(7-2)27-18-21(4)22(5)19-28(27)31-29/h8-19,23H,6-7H2,1-5H3/q+1. The third-order valence-electron chi connectivity index (χ3n) is 6.30. The van der Waals surface area contributed by atoms with E-state index >= 15 is 0 Å². The van der Waals surface area contributed by atoms with Crippen molar-refractivity contribution in [1.82, 2.24) is 0 Å². The van der Waals surface area contributed by atoms with Crippen molar-refractivity contribution in [3.8, 4) is 0 Å². The van der Waals surface area contributed by atoms with Gasteiger partial charge < -0.3 is 0 Å². The van der Waals surface area contributed by atoms with Crippen molar-refractivity contribution in [1.29, 1.82) is 0 Å². The highest BCUT2D eigenvalue weighted by Crippen LogP contribution is 2.34. The Morgan fingerprint density at radius 1 is 1.10 bits per heavy atom. The van der Waals surface area contributed by atoms with E-state index in [-0.39, 0.29) is 0 Å². The molecule has 1 unspecified atom stereocenters. The molecule has 0 aliphatic heterocycles. The van der Waals surface area contributed by atoms with Gasteiger partial charge in [-0.3, -0.25) is 0 Å². The predicted octanol–water partition coefficient (Wildman–Crippen LogP) is 7.93. The maximum atomic E-state index is 2.42. The fraction of sp³-hybridized carbons (Fsp3) is 0.276. The lowest BCUT2D eigenvalue weighted by Gasteiger charge is -2.21. The molecule has 31 heavy (non-hydrogen) atoms. The number of rotatable bonds is 5. The van der Waals surface area contributed by atoms with Crippen LogP contribution >= 0.6 is 11.3 Å². The van der Waals surface area contributed by atoms with Gasteiger partial charge in [-0.1, -0.05) is 78.5 Å². The summed E-state index contributed by atoms with van der Waals surface area (Å²) in [4.78, 5) is 0. The molecule has 0 saturated carbocycles. The molecule has 2 aromatic carbocycles. The SMILES string of the molecule is CCC1C=CC(=CC=C(C)C=Cc2sc3cc(C)c(C)cc3[n+]2CC)c2ccccc21. The lowest BCUT2D eigenvalue weighted by molar-refractivity contribution is -0.665. The minimum absolute atomic E-state index is 0.531. The van der Waals surface area contributed by atoms with Crippen LogP contribution in [0.3, 0.4) is 0 Å². The van der Waals surface area contributed by atoms with Gasteiger partial charge in [-0.05, 0) is 68.0 Å². The highest BCUT2D eigenvalue weighted by atomic mass is 32.1. The molecule has 0 radical (unpaired) electrons. The van der Waals surface area contributed by atoms with Crippen LogP contribution < -0.4 is 4.57 Å². The van der Waals surface area contributed by atoms with Crippen LogP contribution in [-0.2, 0) is 6.54 Å². The maximum absolute atomic E-state index is 2.42. The van der Waals surface area contributed by atoms with E-state index in [0.717, 1.165) is 13.0 Å². The van der Waals surface area contributed by atoms with Gasteiger partial charge >= 0.3 is 0 Å². The second-order valence-corrected chi connectivity index (χ2v) is 9.48. The first-order valence-electron chi connectivity index (χ1n) is 11.3. The summed E-state index contributed by atoms with van der Waals surface area (Å²) in [5.74, 6) is 0.531. The molecule has 1 aliphatic rings. The van der Waals surface area contributed by atoms with Crippen LogP contribution in [-0.4, -0.2) is 0 Å². The molecule has 0 spiro atoms. The van der Waals surface area contributed by atoms with E-state index in [1.54, 1.807) is 0 Å². The number of aromatic nitrogens is 1. The van der Waals surface area contributed by atoms with Gasteiger partial charge in [0.1, 0.15) is 11.2 Å². The van der Waals surface area contributed by atoms with Crippen molar-refractivity contribution in [2.24, 2.45) is 0 Å². The molecule has 0 amide bonds.